The summed E-state index contributed by atoms with van der Waals surface area (Å²) in [4.78, 5) is 16.4. The lowest BCUT2D eigenvalue weighted by Crippen LogP contribution is -2.19. The zero-order chi connectivity index (χ0) is 15.5. The molecule has 1 aromatic rings. The van der Waals surface area contributed by atoms with Gasteiger partial charge in [0.25, 0.3) is 0 Å². The Morgan fingerprint density at radius 3 is 2.77 bits per heavy atom. The summed E-state index contributed by atoms with van der Waals surface area (Å²) in [6.45, 7) is 0. The molecule has 0 saturated heterocycles. The van der Waals surface area contributed by atoms with Crippen LogP contribution < -0.4 is 4.74 Å². The first kappa shape index (κ1) is 15.1. The molecule has 0 N–H and O–H groups in total. The molecular formula is C17H18ClNO3. The first-order valence-electron chi connectivity index (χ1n) is 7.53. The van der Waals surface area contributed by atoms with Gasteiger partial charge in [0.1, 0.15) is 5.75 Å². The minimum atomic E-state index is -0.382. The number of cyclic esters (lactones) is 1. The molecule has 1 heterocycles. The number of methoxy groups -OCH3 is 1. The summed E-state index contributed by atoms with van der Waals surface area (Å²) in [5, 5.41) is 0.500. The minimum Gasteiger partial charge on any atom is -0.495 e. The van der Waals surface area contributed by atoms with Gasteiger partial charge in [0, 0.05) is 5.92 Å². The van der Waals surface area contributed by atoms with Gasteiger partial charge >= 0.3 is 5.97 Å². The third-order valence-corrected chi connectivity index (χ3v) is 4.37. The Balaban J connectivity index is 1.82. The Labute approximate surface area is 134 Å². The smallest absolute Gasteiger partial charge is 0.363 e. The molecule has 0 amide bonds. The lowest BCUT2D eigenvalue weighted by Gasteiger charge is -2.19. The third kappa shape index (κ3) is 3.17. The van der Waals surface area contributed by atoms with E-state index in [4.69, 9.17) is 21.1 Å². The van der Waals surface area contributed by atoms with Crippen molar-refractivity contribution in [2.75, 3.05) is 7.11 Å². The molecule has 1 aliphatic heterocycles. The van der Waals surface area contributed by atoms with E-state index < -0.39 is 0 Å². The van der Waals surface area contributed by atoms with Crippen LogP contribution in [0, 0.1) is 5.92 Å². The van der Waals surface area contributed by atoms with Gasteiger partial charge in [-0.3, -0.25) is 0 Å². The third-order valence-electron chi connectivity index (χ3n) is 4.07. The summed E-state index contributed by atoms with van der Waals surface area (Å²) < 4.78 is 10.5. The molecule has 0 atom stereocenters. The van der Waals surface area contributed by atoms with Gasteiger partial charge in [-0.1, -0.05) is 36.9 Å². The molecule has 0 bridgehead atoms. The van der Waals surface area contributed by atoms with E-state index in [1.54, 1.807) is 25.3 Å². The molecule has 2 aliphatic rings. The van der Waals surface area contributed by atoms with Crippen molar-refractivity contribution in [2.45, 2.75) is 32.1 Å². The van der Waals surface area contributed by atoms with Gasteiger partial charge < -0.3 is 9.47 Å². The fourth-order valence-electron chi connectivity index (χ4n) is 2.88. The van der Waals surface area contributed by atoms with Crippen LogP contribution in [-0.2, 0) is 9.53 Å². The molecule has 3 rings (SSSR count). The van der Waals surface area contributed by atoms with Gasteiger partial charge in [-0.25, -0.2) is 9.79 Å². The predicted octanol–water partition coefficient (Wildman–Crippen LogP) is 4.23. The molecule has 116 valence electrons. The van der Waals surface area contributed by atoms with Crippen LogP contribution in [0.15, 0.2) is 28.9 Å². The number of hydrogen-bond acceptors (Lipinski definition) is 4. The van der Waals surface area contributed by atoms with Crippen LogP contribution in [0.4, 0.5) is 0 Å². The van der Waals surface area contributed by atoms with Crippen LogP contribution in [0.3, 0.4) is 0 Å². The summed E-state index contributed by atoms with van der Waals surface area (Å²) >= 11 is 6.10. The number of nitrogens with zero attached hydrogens (tertiary/aromatic N) is 1. The number of ether oxygens (including phenoxy) is 2. The highest BCUT2D eigenvalue weighted by Crippen LogP contribution is 2.30. The van der Waals surface area contributed by atoms with Crippen molar-refractivity contribution in [2.24, 2.45) is 10.9 Å². The Kier molecular flexibility index (Phi) is 4.48. The Bertz CT molecular complexity index is 645. The van der Waals surface area contributed by atoms with E-state index in [1.165, 1.54) is 19.3 Å². The van der Waals surface area contributed by atoms with Gasteiger partial charge in [-0.05, 0) is 36.6 Å². The zero-order valence-electron chi connectivity index (χ0n) is 12.5. The molecule has 0 unspecified atom stereocenters. The topological polar surface area (TPSA) is 47.9 Å². The number of halogens is 1. The van der Waals surface area contributed by atoms with Crippen LogP contribution in [0.5, 0.6) is 5.75 Å². The molecule has 1 fully saturated rings. The van der Waals surface area contributed by atoms with E-state index in [2.05, 4.69) is 4.99 Å². The highest BCUT2D eigenvalue weighted by Gasteiger charge is 2.30. The summed E-state index contributed by atoms with van der Waals surface area (Å²) in [5.74, 6) is 1.08. The highest BCUT2D eigenvalue weighted by atomic mass is 35.5. The maximum absolute atomic E-state index is 12.0. The Morgan fingerprint density at radius 2 is 2.09 bits per heavy atom. The van der Waals surface area contributed by atoms with E-state index in [0.29, 0.717) is 22.4 Å². The lowest BCUT2D eigenvalue weighted by atomic mass is 9.89. The number of aliphatic imine (C=N–C) groups is 1. The van der Waals surface area contributed by atoms with Gasteiger partial charge in [0.05, 0.1) is 12.1 Å². The van der Waals surface area contributed by atoms with E-state index in [-0.39, 0.29) is 11.9 Å². The van der Waals surface area contributed by atoms with Crippen molar-refractivity contribution < 1.29 is 14.3 Å². The monoisotopic (exact) mass is 319 g/mol. The highest BCUT2D eigenvalue weighted by molar-refractivity contribution is 6.32. The molecule has 0 radical (unpaired) electrons. The molecule has 1 aliphatic carbocycles. The zero-order valence-corrected chi connectivity index (χ0v) is 13.2. The van der Waals surface area contributed by atoms with Crippen molar-refractivity contribution in [1.29, 1.82) is 0 Å². The Morgan fingerprint density at radius 1 is 1.32 bits per heavy atom. The van der Waals surface area contributed by atoms with E-state index in [0.717, 1.165) is 18.4 Å². The largest absolute Gasteiger partial charge is 0.495 e. The normalized spacial score (nSPS) is 20.9. The number of hydrogen-bond donors (Lipinski definition) is 0. The van der Waals surface area contributed by atoms with Crippen molar-refractivity contribution in [3.63, 3.8) is 0 Å². The maximum Gasteiger partial charge on any atom is 0.363 e. The van der Waals surface area contributed by atoms with Crippen LogP contribution >= 0.6 is 11.6 Å². The summed E-state index contributed by atoms with van der Waals surface area (Å²) in [6.07, 6.45) is 7.40. The van der Waals surface area contributed by atoms with Crippen molar-refractivity contribution in [3.05, 3.63) is 34.5 Å². The number of benzene rings is 1. The molecule has 1 saturated carbocycles. The summed E-state index contributed by atoms with van der Waals surface area (Å²) in [6, 6.07) is 5.34. The van der Waals surface area contributed by atoms with E-state index in [9.17, 15) is 4.79 Å². The van der Waals surface area contributed by atoms with Gasteiger partial charge in [-0.2, -0.15) is 0 Å². The first-order chi connectivity index (χ1) is 10.7. The van der Waals surface area contributed by atoms with Gasteiger partial charge in [0.15, 0.2) is 5.70 Å². The second-order valence-electron chi connectivity index (χ2n) is 5.60. The van der Waals surface area contributed by atoms with Crippen molar-refractivity contribution in [3.8, 4) is 5.75 Å². The standard InChI is InChI=1S/C17H18ClNO3/c1-21-15-8-7-11(9-13(15)18)10-14-17(20)22-16(19-14)12-5-3-2-4-6-12/h7-10,12H,2-6H2,1H3/b14-10+. The Hall–Kier alpha value is -1.81. The molecule has 0 spiro atoms. The number of rotatable bonds is 3. The summed E-state index contributed by atoms with van der Waals surface area (Å²) in [7, 11) is 1.56. The minimum absolute atomic E-state index is 0.281. The van der Waals surface area contributed by atoms with Crippen LogP contribution in [0.2, 0.25) is 5.02 Å². The average Bonchev–Trinajstić information content (AvgIpc) is 2.89. The van der Waals surface area contributed by atoms with Crippen LogP contribution in [0.25, 0.3) is 6.08 Å². The molecule has 1 aromatic carbocycles. The quantitative estimate of drug-likeness (QED) is 0.619. The molecule has 22 heavy (non-hydrogen) atoms. The lowest BCUT2D eigenvalue weighted by molar-refractivity contribution is -0.130. The molecule has 5 heteroatoms. The summed E-state index contributed by atoms with van der Waals surface area (Å²) in [5.41, 5.74) is 1.13. The molecular weight excluding hydrogens is 302 g/mol. The number of esters is 1. The average molecular weight is 320 g/mol. The van der Waals surface area contributed by atoms with Gasteiger partial charge in [0.2, 0.25) is 5.90 Å². The van der Waals surface area contributed by atoms with Crippen LogP contribution in [-0.4, -0.2) is 19.0 Å². The van der Waals surface area contributed by atoms with E-state index in [1.807, 2.05) is 6.07 Å². The van der Waals surface area contributed by atoms with Gasteiger partial charge in [-0.15, -0.1) is 0 Å². The van der Waals surface area contributed by atoms with E-state index >= 15 is 0 Å². The van der Waals surface area contributed by atoms with Crippen LogP contribution in [0.1, 0.15) is 37.7 Å². The number of carbonyl (C=O) groups is 1. The fraction of sp³-hybridized carbons (Fsp3) is 0.412. The molecule has 4 nitrogen and oxygen atoms in total. The number of carbonyl (C=O) groups excluding carboxylic acids is 1. The first-order valence-corrected chi connectivity index (χ1v) is 7.91. The predicted molar refractivity (Wildman–Crippen MR) is 86.1 cm³/mol. The molecule has 0 aromatic heterocycles. The second kappa shape index (κ2) is 6.53. The van der Waals surface area contributed by atoms with Crippen molar-refractivity contribution >= 4 is 29.5 Å². The fourth-order valence-corrected chi connectivity index (χ4v) is 3.15. The van der Waals surface area contributed by atoms with Crippen molar-refractivity contribution in [1.82, 2.24) is 0 Å². The second-order valence-corrected chi connectivity index (χ2v) is 6.01. The maximum atomic E-state index is 12.0. The SMILES string of the molecule is COc1ccc(/C=C2/N=C(C3CCCCC3)OC2=O)cc1Cl.